The van der Waals surface area contributed by atoms with Gasteiger partial charge in [-0.1, -0.05) is 0 Å². The van der Waals surface area contributed by atoms with Crippen molar-refractivity contribution in [1.29, 1.82) is 0 Å². The van der Waals surface area contributed by atoms with Gasteiger partial charge in [0.05, 0.1) is 0 Å². The average Bonchev–Trinajstić information content (AvgIpc) is 1.89. The second-order valence-corrected chi connectivity index (χ2v) is 1.86. The van der Waals surface area contributed by atoms with E-state index in [4.69, 9.17) is 23.2 Å². The normalized spacial score (nSPS) is 7.11. The highest BCUT2D eigenvalue weighted by atomic mass is 35.5. The Bertz CT molecular complexity index is 64.8. The predicted octanol–water partition coefficient (Wildman–Crippen LogP) is 2.17. The molecule has 0 radical (unpaired) electrons. The van der Waals surface area contributed by atoms with E-state index in [9.17, 15) is 4.79 Å². The summed E-state index contributed by atoms with van der Waals surface area (Å²) in [5, 5.41) is 0. The van der Waals surface area contributed by atoms with Crippen molar-refractivity contribution in [3.63, 3.8) is 0 Å². The van der Waals surface area contributed by atoms with Gasteiger partial charge in [0.1, 0.15) is 11.9 Å². The molecule has 0 heterocycles. The molecule has 0 fully saturated rings. The quantitative estimate of drug-likeness (QED) is 0.597. The Labute approximate surface area is 69.2 Å². The molecule has 0 aliphatic rings. The summed E-state index contributed by atoms with van der Waals surface area (Å²) < 4.78 is 3.58. The van der Waals surface area contributed by atoms with Gasteiger partial charge in [-0.15, -0.1) is 23.2 Å². The molecule has 0 saturated heterocycles. The standard InChI is InChI=1S/C2H4Cl2.C2H3ClO2/c3-1-2-4;1-2(4)5-3/h1-2H2;1H3. The summed E-state index contributed by atoms with van der Waals surface area (Å²) in [6.45, 7) is 1.23. The topological polar surface area (TPSA) is 26.3 Å². The molecule has 0 amide bonds. The van der Waals surface area contributed by atoms with E-state index >= 15 is 0 Å². The van der Waals surface area contributed by atoms with E-state index in [0.717, 1.165) is 0 Å². The van der Waals surface area contributed by atoms with Gasteiger partial charge in [-0.25, -0.2) is 0 Å². The summed E-state index contributed by atoms with van der Waals surface area (Å²) in [4.78, 5) is 9.46. The van der Waals surface area contributed by atoms with Crippen molar-refractivity contribution in [2.24, 2.45) is 0 Å². The SMILES string of the molecule is CC(=O)OCl.ClCCCl. The monoisotopic (exact) mass is 192 g/mol. The van der Waals surface area contributed by atoms with Gasteiger partial charge in [0.25, 0.3) is 0 Å². The second-order valence-electron chi connectivity index (χ2n) is 0.947. The molecule has 0 aliphatic carbocycles. The van der Waals surface area contributed by atoms with Crippen LogP contribution in [0.1, 0.15) is 6.92 Å². The fraction of sp³-hybridized carbons (Fsp3) is 0.750. The van der Waals surface area contributed by atoms with Crippen LogP contribution in [0.25, 0.3) is 0 Å². The predicted molar refractivity (Wildman–Crippen MR) is 39.1 cm³/mol. The highest BCUT2D eigenvalue weighted by molar-refractivity contribution is 6.25. The maximum atomic E-state index is 9.46. The van der Waals surface area contributed by atoms with Crippen molar-refractivity contribution in [2.45, 2.75) is 6.92 Å². The number of halogens is 3. The molecule has 9 heavy (non-hydrogen) atoms. The largest absolute Gasteiger partial charge is 0.348 e. The molecule has 0 aromatic carbocycles. The molecule has 0 aromatic rings. The zero-order chi connectivity index (χ0) is 7.70. The third kappa shape index (κ3) is 30.1. The van der Waals surface area contributed by atoms with Crippen molar-refractivity contribution in [1.82, 2.24) is 0 Å². The van der Waals surface area contributed by atoms with Crippen LogP contribution in [0.4, 0.5) is 0 Å². The van der Waals surface area contributed by atoms with Gasteiger partial charge < -0.3 is 4.29 Å². The molecule has 0 spiro atoms. The van der Waals surface area contributed by atoms with Crippen LogP contribution in [-0.4, -0.2) is 17.7 Å². The number of hydrogen-bond donors (Lipinski definition) is 0. The van der Waals surface area contributed by atoms with Crippen LogP contribution < -0.4 is 0 Å². The molecule has 0 aliphatic heterocycles. The molecule has 56 valence electrons. The van der Waals surface area contributed by atoms with Gasteiger partial charge >= 0.3 is 5.97 Å². The van der Waals surface area contributed by atoms with Crippen molar-refractivity contribution in [3.8, 4) is 0 Å². The molecular weight excluding hydrogens is 186 g/mol. The van der Waals surface area contributed by atoms with E-state index in [1.165, 1.54) is 6.92 Å². The zero-order valence-electron chi connectivity index (χ0n) is 4.86. The van der Waals surface area contributed by atoms with Crippen LogP contribution in [0.15, 0.2) is 0 Å². The summed E-state index contributed by atoms with van der Waals surface area (Å²) in [7, 11) is 0. The van der Waals surface area contributed by atoms with Crippen LogP contribution in [0.2, 0.25) is 0 Å². The first-order valence-electron chi connectivity index (χ1n) is 2.10. The molecule has 0 bridgehead atoms. The molecule has 0 atom stereocenters. The van der Waals surface area contributed by atoms with E-state index < -0.39 is 5.97 Å². The van der Waals surface area contributed by atoms with Crippen LogP contribution in [-0.2, 0) is 9.08 Å². The minimum Gasteiger partial charge on any atom is -0.348 e. The van der Waals surface area contributed by atoms with Crippen LogP contribution >= 0.6 is 35.1 Å². The molecule has 0 aromatic heterocycles. The third-order valence-corrected chi connectivity index (χ3v) is 0.969. The lowest BCUT2D eigenvalue weighted by Crippen LogP contribution is -1.82. The lowest BCUT2D eigenvalue weighted by molar-refractivity contribution is -0.131. The smallest absolute Gasteiger partial charge is 0.321 e. The van der Waals surface area contributed by atoms with Gasteiger partial charge in [-0.2, -0.15) is 0 Å². The molecule has 2 nitrogen and oxygen atoms in total. The van der Waals surface area contributed by atoms with E-state index in [1.807, 2.05) is 0 Å². The van der Waals surface area contributed by atoms with E-state index in [2.05, 4.69) is 16.2 Å². The lowest BCUT2D eigenvalue weighted by Gasteiger charge is -1.74. The Kier molecular flexibility index (Phi) is 15.0. The molecule has 0 rings (SSSR count). The third-order valence-electron chi connectivity index (χ3n) is 0.180. The Morgan fingerprint density at radius 2 is 1.67 bits per heavy atom. The average molecular weight is 193 g/mol. The highest BCUT2D eigenvalue weighted by Gasteiger charge is 1.79. The zero-order valence-corrected chi connectivity index (χ0v) is 7.13. The van der Waals surface area contributed by atoms with Crippen molar-refractivity contribution < 1.29 is 9.08 Å². The van der Waals surface area contributed by atoms with Crippen molar-refractivity contribution in [2.75, 3.05) is 11.8 Å². The summed E-state index contributed by atoms with van der Waals surface area (Å²) in [6.07, 6.45) is 0. The van der Waals surface area contributed by atoms with E-state index in [1.54, 1.807) is 0 Å². The molecule has 0 saturated carbocycles. The van der Waals surface area contributed by atoms with Gasteiger partial charge in [0, 0.05) is 18.7 Å². The molecule has 5 heteroatoms. The van der Waals surface area contributed by atoms with Crippen LogP contribution in [0.5, 0.6) is 0 Å². The maximum absolute atomic E-state index is 9.46. The molecular formula is C4H7Cl3O2. The maximum Gasteiger partial charge on any atom is 0.321 e. The first-order chi connectivity index (χ1) is 4.18. The summed E-state index contributed by atoms with van der Waals surface area (Å²) in [5.74, 6) is 0.634. The number of rotatable bonds is 1. The summed E-state index contributed by atoms with van der Waals surface area (Å²) in [6, 6.07) is 0. The van der Waals surface area contributed by atoms with Crippen LogP contribution in [0, 0.1) is 0 Å². The number of alkyl halides is 2. The van der Waals surface area contributed by atoms with Crippen LogP contribution in [0.3, 0.4) is 0 Å². The Morgan fingerprint density at radius 1 is 1.44 bits per heavy atom. The van der Waals surface area contributed by atoms with Gasteiger partial charge in [0.15, 0.2) is 0 Å². The Hall–Kier alpha value is 0.340. The number of carbonyl (C=O) groups is 1. The minimum absolute atomic E-state index is 0.480. The molecule has 0 N–H and O–H groups in total. The second kappa shape index (κ2) is 11.2. The Balaban J connectivity index is 0. The lowest BCUT2D eigenvalue weighted by atomic mass is 10.9. The van der Waals surface area contributed by atoms with E-state index in [0.29, 0.717) is 11.8 Å². The minimum atomic E-state index is -0.480. The van der Waals surface area contributed by atoms with Gasteiger partial charge in [-0.05, 0) is 0 Å². The Morgan fingerprint density at radius 3 is 1.67 bits per heavy atom. The fourth-order valence-electron chi connectivity index (χ4n) is 0. The summed E-state index contributed by atoms with van der Waals surface area (Å²) in [5.41, 5.74) is 0. The highest BCUT2D eigenvalue weighted by Crippen LogP contribution is 1.75. The fourth-order valence-corrected chi connectivity index (χ4v) is 0. The van der Waals surface area contributed by atoms with Crippen molar-refractivity contribution >= 4 is 41.0 Å². The first-order valence-corrected chi connectivity index (χ1v) is 3.47. The first kappa shape index (κ1) is 12.1. The van der Waals surface area contributed by atoms with Gasteiger partial charge in [0.2, 0.25) is 0 Å². The molecule has 0 unspecified atom stereocenters. The van der Waals surface area contributed by atoms with E-state index in [-0.39, 0.29) is 0 Å². The number of carbonyl (C=O) groups excluding carboxylic acids is 1. The number of hydrogen-bond acceptors (Lipinski definition) is 2. The summed E-state index contributed by atoms with van der Waals surface area (Å²) >= 11 is 14.6. The van der Waals surface area contributed by atoms with Crippen molar-refractivity contribution in [3.05, 3.63) is 0 Å². The van der Waals surface area contributed by atoms with Gasteiger partial charge in [-0.3, -0.25) is 4.79 Å².